The van der Waals surface area contributed by atoms with Gasteiger partial charge in [-0.1, -0.05) is 26.7 Å². The van der Waals surface area contributed by atoms with Gasteiger partial charge in [-0.05, 0) is 37.0 Å². The zero-order valence-electron chi connectivity index (χ0n) is 9.10. The summed E-state index contributed by atoms with van der Waals surface area (Å²) in [4.78, 5) is 0. The highest BCUT2D eigenvalue weighted by Crippen LogP contribution is 2.40. The van der Waals surface area contributed by atoms with Crippen molar-refractivity contribution in [2.45, 2.75) is 58.4 Å². The summed E-state index contributed by atoms with van der Waals surface area (Å²) in [6, 6.07) is 0.831. The minimum absolute atomic E-state index is 0.655. The van der Waals surface area contributed by atoms with Crippen LogP contribution in [-0.4, -0.2) is 12.6 Å². The van der Waals surface area contributed by atoms with Crippen molar-refractivity contribution in [3.05, 3.63) is 0 Å². The molecule has 76 valence electrons. The van der Waals surface area contributed by atoms with Gasteiger partial charge in [0, 0.05) is 12.6 Å². The molecule has 2 aliphatic carbocycles. The van der Waals surface area contributed by atoms with Crippen LogP contribution in [0.5, 0.6) is 0 Å². The van der Waals surface area contributed by atoms with Crippen LogP contribution >= 0.6 is 0 Å². The number of rotatable bonds is 3. The SMILES string of the molecule is CC1CCCC1NCC1(C)CCC1. The fraction of sp³-hybridized carbons (Fsp3) is 1.00. The first kappa shape index (κ1) is 9.51. The van der Waals surface area contributed by atoms with Gasteiger partial charge in [0.05, 0.1) is 0 Å². The van der Waals surface area contributed by atoms with Crippen LogP contribution in [0.4, 0.5) is 0 Å². The molecule has 0 heterocycles. The second kappa shape index (κ2) is 3.61. The molecule has 1 heteroatoms. The summed E-state index contributed by atoms with van der Waals surface area (Å²) >= 11 is 0. The first-order valence-electron chi connectivity index (χ1n) is 5.93. The smallest absolute Gasteiger partial charge is 0.00929 e. The summed E-state index contributed by atoms with van der Waals surface area (Å²) in [5.74, 6) is 0.920. The lowest BCUT2D eigenvalue weighted by molar-refractivity contribution is 0.147. The Morgan fingerprint density at radius 2 is 2.00 bits per heavy atom. The highest BCUT2D eigenvalue weighted by atomic mass is 14.9. The summed E-state index contributed by atoms with van der Waals surface area (Å²) in [5.41, 5.74) is 0.655. The van der Waals surface area contributed by atoms with Gasteiger partial charge < -0.3 is 5.32 Å². The highest BCUT2D eigenvalue weighted by molar-refractivity contribution is 4.88. The van der Waals surface area contributed by atoms with E-state index >= 15 is 0 Å². The topological polar surface area (TPSA) is 12.0 Å². The Bertz CT molecular complexity index is 172. The van der Waals surface area contributed by atoms with Crippen LogP contribution in [-0.2, 0) is 0 Å². The van der Waals surface area contributed by atoms with Crippen LogP contribution in [0.15, 0.2) is 0 Å². The third-order valence-corrected chi connectivity index (χ3v) is 4.21. The van der Waals surface area contributed by atoms with Gasteiger partial charge >= 0.3 is 0 Å². The summed E-state index contributed by atoms with van der Waals surface area (Å²) < 4.78 is 0. The molecule has 1 N–H and O–H groups in total. The molecule has 0 saturated heterocycles. The van der Waals surface area contributed by atoms with E-state index in [0.717, 1.165) is 12.0 Å². The van der Waals surface area contributed by atoms with Gasteiger partial charge in [0.25, 0.3) is 0 Å². The molecule has 13 heavy (non-hydrogen) atoms. The zero-order chi connectivity index (χ0) is 9.31. The fourth-order valence-electron chi connectivity index (χ4n) is 2.78. The van der Waals surface area contributed by atoms with E-state index in [2.05, 4.69) is 19.2 Å². The molecule has 2 aliphatic rings. The first-order chi connectivity index (χ1) is 6.20. The number of hydrogen-bond acceptors (Lipinski definition) is 1. The Labute approximate surface area is 82.3 Å². The van der Waals surface area contributed by atoms with E-state index in [1.807, 2.05) is 0 Å². The average Bonchev–Trinajstić information content (AvgIpc) is 2.44. The van der Waals surface area contributed by atoms with Crippen LogP contribution in [0.1, 0.15) is 52.4 Å². The maximum absolute atomic E-state index is 3.77. The van der Waals surface area contributed by atoms with Gasteiger partial charge in [-0.25, -0.2) is 0 Å². The van der Waals surface area contributed by atoms with Crippen molar-refractivity contribution in [3.63, 3.8) is 0 Å². The molecule has 0 bridgehead atoms. The molecule has 0 aliphatic heterocycles. The van der Waals surface area contributed by atoms with Crippen molar-refractivity contribution < 1.29 is 0 Å². The molecular weight excluding hydrogens is 158 g/mol. The van der Waals surface area contributed by atoms with E-state index in [1.165, 1.54) is 45.1 Å². The van der Waals surface area contributed by atoms with Crippen molar-refractivity contribution in [2.24, 2.45) is 11.3 Å². The van der Waals surface area contributed by atoms with E-state index in [0.29, 0.717) is 5.41 Å². The quantitative estimate of drug-likeness (QED) is 0.706. The molecule has 1 nitrogen and oxygen atoms in total. The van der Waals surface area contributed by atoms with Crippen molar-refractivity contribution in [1.82, 2.24) is 5.32 Å². The maximum atomic E-state index is 3.77. The lowest BCUT2D eigenvalue weighted by Gasteiger charge is -2.39. The Morgan fingerprint density at radius 1 is 1.23 bits per heavy atom. The van der Waals surface area contributed by atoms with Crippen LogP contribution in [0.2, 0.25) is 0 Å². The molecule has 2 unspecified atom stereocenters. The molecule has 2 fully saturated rings. The highest BCUT2D eigenvalue weighted by Gasteiger charge is 2.33. The minimum Gasteiger partial charge on any atom is -0.313 e. The van der Waals surface area contributed by atoms with Gasteiger partial charge in [-0.3, -0.25) is 0 Å². The third kappa shape index (κ3) is 2.07. The standard InChI is InChI=1S/C12H23N/c1-10-5-3-6-11(10)13-9-12(2)7-4-8-12/h10-11,13H,3-9H2,1-2H3. The number of hydrogen-bond donors (Lipinski definition) is 1. The predicted molar refractivity (Wildman–Crippen MR) is 56.8 cm³/mol. The van der Waals surface area contributed by atoms with Gasteiger partial charge in [-0.2, -0.15) is 0 Å². The van der Waals surface area contributed by atoms with Gasteiger partial charge in [0.1, 0.15) is 0 Å². The second-order valence-corrected chi connectivity index (χ2v) is 5.56. The Morgan fingerprint density at radius 3 is 2.46 bits per heavy atom. The first-order valence-corrected chi connectivity index (χ1v) is 5.93. The Balaban J connectivity index is 1.72. The van der Waals surface area contributed by atoms with Crippen LogP contribution in [0.25, 0.3) is 0 Å². The van der Waals surface area contributed by atoms with Crippen molar-refractivity contribution in [1.29, 1.82) is 0 Å². The minimum atomic E-state index is 0.655. The molecule has 0 spiro atoms. The van der Waals surface area contributed by atoms with Crippen molar-refractivity contribution >= 4 is 0 Å². The van der Waals surface area contributed by atoms with E-state index in [-0.39, 0.29) is 0 Å². The average molecular weight is 181 g/mol. The molecule has 0 amide bonds. The van der Waals surface area contributed by atoms with E-state index < -0.39 is 0 Å². The summed E-state index contributed by atoms with van der Waals surface area (Å²) in [7, 11) is 0. The van der Waals surface area contributed by atoms with Crippen LogP contribution in [0, 0.1) is 11.3 Å². The van der Waals surface area contributed by atoms with Crippen molar-refractivity contribution in [2.75, 3.05) is 6.54 Å². The second-order valence-electron chi connectivity index (χ2n) is 5.56. The van der Waals surface area contributed by atoms with Gasteiger partial charge in [0.15, 0.2) is 0 Å². The molecule has 2 rings (SSSR count). The van der Waals surface area contributed by atoms with E-state index in [9.17, 15) is 0 Å². The molecular formula is C12H23N. The van der Waals surface area contributed by atoms with Gasteiger partial charge in [0.2, 0.25) is 0 Å². The molecule has 0 radical (unpaired) electrons. The predicted octanol–water partition coefficient (Wildman–Crippen LogP) is 2.95. The lowest BCUT2D eigenvalue weighted by Crippen LogP contribution is -2.42. The maximum Gasteiger partial charge on any atom is 0.00929 e. The Kier molecular flexibility index (Phi) is 2.64. The van der Waals surface area contributed by atoms with Crippen molar-refractivity contribution in [3.8, 4) is 0 Å². The molecule has 0 aromatic rings. The van der Waals surface area contributed by atoms with E-state index in [4.69, 9.17) is 0 Å². The molecule has 0 aromatic carbocycles. The van der Waals surface area contributed by atoms with Crippen LogP contribution in [0.3, 0.4) is 0 Å². The summed E-state index contributed by atoms with van der Waals surface area (Å²) in [6.45, 7) is 6.10. The third-order valence-electron chi connectivity index (χ3n) is 4.21. The van der Waals surface area contributed by atoms with E-state index in [1.54, 1.807) is 0 Å². The number of nitrogens with one attached hydrogen (secondary N) is 1. The summed E-state index contributed by atoms with van der Waals surface area (Å²) in [5, 5.41) is 3.77. The molecule has 0 aromatic heterocycles. The monoisotopic (exact) mass is 181 g/mol. The van der Waals surface area contributed by atoms with Gasteiger partial charge in [-0.15, -0.1) is 0 Å². The zero-order valence-corrected chi connectivity index (χ0v) is 9.10. The Hall–Kier alpha value is -0.0400. The molecule has 2 atom stereocenters. The fourth-order valence-corrected chi connectivity index (χ4v) is 2.78. The molecule has 2 saturated carbocycles. The van der Waals surface area contributed by atoms with Crippen LogP contribution < -0.4 is 5.32 Å². The lowest BCUT2D eigenvalue weighted by atomic mass is 9.70. The summed E-state index contributed by atoms with van der Waals surface area (Å²) in [6.07, 6.45) is 8.64. The normalized spacial score (nSPS) is 37.4. The largest absolute Gasteiger partial charge is 0.313 e.